The number of nitrogens with one attached hydrogen (secondary N) is 1. The van der Waals surface area contributed by atoms with E-state index < -0.39 is 0 Å². The van der Waals surface area contributed by atoms with Crippen molar-refractivity contribution < 1.29 is 4.52 Å². The molecule has 1 N–H and O–H groups in total. The molecule has 1 spiro atoms. The largest absolute Gasteiger partial charge is 0.355 e. The lowest BCUT2D eigenvalue weighted by Gasteiger charge is -2.26. The van der Waals surface area contributed by atoms with Crippen molar-refractivity contribution in [1.82, 2.24) is 20.4 Å². The van der Waals surface area contributed by atoms with Crippen molar-refractivity contribution in [1.29, 1.82) is 0 Å². The van der Waals surface area contributed by atoms with Crippen molar-refractivity contribution in [2.75, 3.05) is 25.0 Å². The highest BCUT2D eigenvalue weighted by molar-refractivity contribution is 14.0. The number of para-hydroxylation sites is 1. The molecule has 0 unspecified atom stereocenters. The van der Waals surface area contributed by atoms with Gasteiger partial charge in [-0.05, 0) is 36.6 Å². The Morgan fingerprint density at radius 3 is 2.74 bits per heavy atom. The molecule has 1 aliphatic carbocycles. The van der Waals surface area contributed by atoms with E-state index in [1.807, 2.05) is 25.2 Å². The lowest BCUT2D eigenvalue weighted by atomic mass is 9.81. The molecule has 2 aliphatic rings. The second-order valence-corrected chi connectivity index (χ2v) is 8.05. The predicted octanol–water partition coefficient (Wildman–Crippen LogP) is 4.20. The summed E-state index contributed by atoms with van der Waals surface area (Å²) < 4.78 is 5.35. The second kappa shape index (κ2) is 9.33. The minimum absolute atomic E-state index is 0. The molecule has 0 atom stereocenters. The number of benzene rings is 1. The summed E-state index contributed by atoms with van der Waals surface area (Å²) in [6.07, 6.45) is 7.51. The maximum atomic E-state index is 5.35. The van der Waals surface area contributed by atoms with Crippen LogP contribution < -0.4 is 10.2 Å². The minimum Gasteiger partial charge on any atom is -0.355 e. The number of hydrogen-bond acceptors (Lipinski definition) is 5. The minimum atomic E-state index is 0. The van der Waals surface area contributed by atoms with E-state index in [-0.39, 0.29) is 29.4 Å². The lowest BCUT2D eigenvalue weighted by molar-refractivity contribution is 0.421. The lowest BCUT2D eigenvalue weighted by Crippen LogP contribution is -2.44. The van der Waals surface area contributed by atoms with Crippen molar-refractivity contribution in [3.8, 4) is 11.6 Å². The number of fused-ring (bicyclic) bond motifs is 2. The molecule has 1 fully saturated rings. The topological polar surface area (TPSA) is 79.4 Å². The van der Waals surface area contributed by atoms with Gasteiger partial charge in [0.05, 0.1) is 0 Å². The van der Waals surface area contributed by atoms with Crippen LogP contribution in [0, 0.1) is 0 Å². The molecule has 1 saturated carbocycles. The van der Waals surface area contributed by atoms with Gasteiger partial charge in [0.1, 0.15) is 5.69 Å². The van der Waals surface area contributed by atoms with E-state index in [0.717, 1.165) is 12.5 Å². The summed E-state index contributed by atoms with van der Waals surface area (Å²) in [6, 6.07) is 14.4. The quantitative estimate of drug-likeness (QED) is 0.310. The van der Waals surface area contributed by atoms with Gasteiger partial charge in [-0.2, -0.15) is 4.98 Å². The summed E-state index contributed by atoms with van der Waals surface area (Å²) in [7, 11) is 1.85. The molecule has 2 aromatic heterocycles. The Hall–Kier alpha value is -2.49. The average Bonchev–Trinajstić information content (AvgIpc) is 3.53. The maximum absolute atomic E-state index is 5.35. The Morgan fingerprint density at radius 1 is 1.16 bits per heavy atom. The molecular formula is C23H27IN6O. The average molecular weight is 530 g/mol. The first-order chi connectivity index (χ1) is 14.8. The third-order valence-corrected chi connectivity index (χ3v) is 6.24. The van der Waals surface area contributed by atoms with Crippen LogP contribution in [-0.4, -0.2) is 41.2 Å². The van der Waals surface area contributed by atoms with Gasteiger partial charge in [0, 0.05) is 43.9 Å². The highest BCUT2D eigenvalue weighted by atomic mass is 127. The molecule has 31 heavy (non-hydrogen) atoms. The third kappa shape index (κ3) is 4.17. The van der Waals surface area contributed by atoms with E-state index in [1.165, 1.54) is 36.9 Å². The fourth-order valence-electron chi connectivity index (χ4n) is 4.83. The Morgan fingerprint density at radius 2 is 1.97 bits per heavy atom. The van der Waals surface area contributed by atoms with Crippen LogP contribution >= 0.6 is 24.0 Å². The van der Waals surface area contributed by atoms with Crippen molar-refractivity contribution in [2.24, 2.45) is 4.99 Å². The van der Waals surface area contributed by atoms with E-state index in [2.05, 4.69) is 54.6 Å². The van der Waals surface area contributed by atoms with Crippen LogP contribution in [0.15, 0.2) is 58.2 Å². The summed E-state index contributed by atoms with van der Waals surface area (Å²) >= 11 is 0. The first kappa shape index (κ1) is 21.7. The van der Waals surface area contributed by atoms with Gasteiger partial charge >= 0.3 is 0 Å². The number of halogens is 1. The number of hydrogen-bond donors (Lipinski definition) is 1. The van der Waals surface area contributed by atoms with Crippen LogP contribution in [0.4, 0.5) is 5.69 Å². The molecule has 5 rings (SSSR count). The van der Waals surface area contributed by atoms with Gasteiger partial charge in [0.15, 0.2) is 11.8 Å². The molecule has 0 bridgehead atoms. The Kier molecular flexibility index (Phi) is 6.54. The van der Waals surface area contributed by atoms with E-state index in [1.54, 1.807) is 6.20 Å². The molecule has 3 aromatic rings. The second-order valence-electron chi connectivity index (χ2n) is 8.05. The van der Waals surface area contributed by atoms with Gasteiger partial charge in [-0.25, -0.2) is 0 Å². The van der Waals surface area contributed by atoms with Gasteiger partial charge in [-0.15, -0.1) is 24.0 Å². The SMILES string of the molecule is CN=C(NCCc1noc(-c2ccccn2)n1)N1CC2(CCCC2)c2ccccc21.I. The molecule has 8 heteroatoms. The van der Waals surface area contributed by atoms with Gasteiger partial charge in [0.2, 0.25) is 0 Å². The molecule has 162 valence electrons. The summed E-state index contributed by atoms with van der Waals surface area (Å²) in [6.45, 7) is 1.68. The van der Waals surface area contributed by atoms with Gasteiger partial charge in [-0.3, -0.25) is 9.98 Å². The number of pyridine rings is 1. The molecule has 0 amide bonds. The number of aromatic nitrogens is 3. The number of anilines is 1. The van der Waals surface area contributed by atoms with E-state index in [4.69, 9.17) is 4.52 Å². The van der Waals surface area contributed by atoms with Crippen molar-refractivity contribution in [3.05, 3.63) is 60.0 Å². The summed E-state index contributed by atoms with van der Waals surface area (Å²) in [5.74, 6) is 2.01. The molecule has 1 aliphatic heterocycles. The van der Waals surface area contributed by atoms with E-state index >= 15 is 0 Å². The fourth-order valence-corrected chi connectivity index (χ4v) is 4.83. The normalized spacial score (nSPS) is 16.9. The number of aliphatic imine (C=N–C) groups is 1. The van der Waals surface area contributed by atoms with E-state index in [0.29, 0.717) is 30.4 Å². The third-order valence-electron chi connectivity index (χ3n) is 6.24. The molecule has 3 heterocycles. The van der Waals surface area contributed by atoms with Gasteiger partial charge < -0.3 is 14.7 Å². The standard InChI is InChI=1S/C23H26N6O.HI/c1-24-22(26-15-11-20-27-21(30-28-20)18-9-4-7-14-25-18)29-16-23(12-5-6-13-23)17-8-2-3-10-19(17)29;/h2-4,7-10,14H,5-6,11-13,15-16H2,1H3,(H,24,26);1H. The highest BCUT2D eigenvalue weighted by Gasteiger charge is 2.45. The summed E-state index contributed by atoms with van der Waals surface area (Å²) in [4.78, 5) is 15.6. The molecule has 0 radical (unpaired) electrons. The number of guanidine groups is 1. The smallest absolute Gasteiger partial charge is 0.276 e. The van der Waals surface area contributed by atoms with Crippen LogP contribution in [0.5, 0.6) is 0 Å². The van der Waals surface area contributed by atoms with Gasteiger partial charge in [-0.1, -0.05) is 42.3 Å². The Bertz CT molecular complexity index is 1040. The first-order valence-corrected chi connectivity index (χ1v) is 10.6. The van der Waals surface area contributed by atoms with E-state index in [9.17, 15) is 0 Å². The van der Waals surface area contributed by atoms with Crippen LogP contribution in [0.1, 0.15) is 37.1 Å². The summed E-state index contributed by atoms with van der Waals surface area (Å²) in [5, 5.41) is 7.58. The zero-order valence-electron chi connectivity index (χ0n) is 17.6. The van der Waals surface area contributed by atoms with Crippen molar-refractivity contribution in [3.63, 3.8) is 0 Å². The Balaban J connectivity index is 0.00000231. The number of nitrogens with zero attached hydrogens (tertiary/aromatic N) is 5. The van der Waals surface area contributed by atoms with Crippen LogP contribution in [0.2, 0.25) is 0 Å². The fraction of sp³-hybridized carbons (Fsp3) is 0.391. The first-order valence-electron chi connectivity index (χ1n) is 10.6. The zero-order valence-corrected chi connectivity index (χ0v) is 20.0. The van der Waals surface area contributed by atoms with Gasteiger partial charge in [0.25, 0.3) is 5.89 Å². The van der Waals surface area contributed by atoms with Crippen molar-refractivity contribution in [2.45, 2.75) is 37.5 Å². The van der Waals surface area contributed by atoms with Crippen LogP contribution in [-0.2, 0) is 11.8 Å². The molecule has 0 saturated heterocycles. The summed E-state index contributed by atoms with van der Waals surface area (Å²) in [5.41, 5.74) is 3.73. The Labute approximate surface area is 199 Å². The van der Waals surface area contributed by atoms with Crippen LogP contribution in [0.3, 0.4) is 0 Å². The maximum Gasteiger partial charge on any atom is 0.276 e. The monoisotopic (exact) mass is 530 g/mol. The molecule has 7 nitrogen and oxygen atoms in total. The number of rotatable bonds is 4. The highest BCUT2D eigenvalue weighted by Crippen LogP contribution is 2.50. The molecule has 1 aromatic carbocycles. The predicted molar refractivity (Wildman–Crippen MR) is 132 cm³/mol. The molecular weight excluding hydrogens is 503 g/mol. The van der Waals surface area contributed by atoms with Crippen LogP contribution in [0.25, 0.3) is 11.6 Å². The van der Waals surface area contributed by atoms with Crippen molar-refractivity contribution >= 4 is 35.6 Å². The zero-order chi connectivity index (χ0) is 20.4.